The molecular formula is C24H44O. The summed E-state index contributed by atoms with van der Waals surface area (Å²) < 4.78 is 0. The third-order valence-electron chi connectivity index (χ3n) is 9.74. The van der Waals surface area contributed by atoms with Crippen LogP contribution >= 0.6 is 0 Å². The Kier molecular flexibility index (Phi) is 5.94. The van der Waals surface area contributed by atoms with Crippen molar-refractivity contribution in [2.45, 2.75) is 105 Å². The maximum absolute atomic E-state index is 9.13. The van der Waals surface area contributed by atoms with Gasteiger partial charge in [-0.25, -0.2) is 0 Å². The topological polar surface area (TPSA) is 20.2 Å². The summed E-state index contributed by atoms with van der Waals surface area (Å²) in [6.45, 7) is 5.75. The van der Waals surface area contributed by atoms with Crippen molar-refractivity contribution in [1.82, 2.24) is 0 Å². The first-order valence-electron chi connectivity index (χ1n) is 11.2. The molecule has 0 heterocycles. The van der Waals surface area contributed by atoms with Crippen LogP contribution in [0, 0.1) is 40.4 Å². The SMILES string of the molecule is C.CC12CCCCC1CCC1C2CCC2(C)C(CCCCO)CCC12. The Hall–Kier alpha value is -0.0400. The lowest BCUT2D eigenvalue weighted by atomic mass is 9.45. The van der Waals surface area contributed by atoms with E-state index in [1.54, 1.807) is 12.8 Å². The predicted octanol–water partition coefficient (Wildman–Crippen LogP) is 6.83. The van der Waals surface area contributed by atoms with Crippen molar-refractivity contribution in [3.63, 3.8) is 0 Å². The summed E-state index contributed by atoms with van der Waals surface area (Å²) in [4.78, 5) is 0. The lowest BCUT2D eigenvalue weighted by Gasteiger charge is -2.60. The molecule has 0 aromatic heterocycles. The van der Waals surface area contributed by atoms with Crippen LogP contribution < -0.4 is 0 Å². The molecule has 4 saturated carbocycles. The van der Waals surface area contributed by atoms with Gasteiger partial charge in [0.15, 0.2) is 0 Å². The van der Waals surface area contributed by atoms with Gasteiger partial charge in [0.25, 0.3) is 0 Å². The minimum Gasteiger partial charge on any atom is -0.396 e. The minimum atomic E-state index is 0. The second kappa shape index (κ2) is 7.53. The average molecular weight is 349 g/mol. The Morgan fingerprint density at radius 2 is 1.60 bits per heavy atom. The summed E-state index contributed by atoms with van der Waals surface area (Å²) in [5, 5.41) is 9.13. The third-order valence-corrected chi connectivity index (χ3v) is 9.74. The molecule has 1 heteroatoms. The predicted molar refractivity (Wildman–Crippen MR) is 108 cm³/mol. The molecule has 0 spiro atoms. The van der Waals surface area contributed by atoms with Gasteiger partial charge in [0, 0.05) is 6.61 Å². The first kappa shape index (κ1) is 19.7. The zero-order valence-electron chi connectivity index (χ0n) is 16.2. The molecule has 7 atom stereocenters. The number of hydrogen-bond acceptors (Lipinski definition) is 1. The van der Waals surface area contributed by atoms with Crippen molar-refractivity contribution in [2.75, 3.05) is 6.61 Å². The van der Waals surface area contributed by atoms with Crippen molar-refractivity contribution in [2.24, 2.45) is 40.4 Å². The highest BCUT2D eigenvalue weighted by Gasteiger charge is 2.59. The van der Waals surface area contributed by atoms with Crippen LogP contribution in [-0.4, -0.2) is 11.7 Å². The highest BCUT2D eigenvalue weighted by molar-refractivity contribution is 5.08. The number of fused-ring (bicyclic) bond motifs is 5. The summed E-state index contributed by atoms with van der Waals surface area (Å²) in [5.74, 6) is 5.12. The van der Waals surface area contributed by atoms with Gasteiger partial charge in [0.05, 0.1) is 0 Å². The van der Waals surface area contributed by atoms with E-state index in [0.717, 1.165) is 36.0 Å². The smallest absolute Gasteiger partial charge is 0.0431 e. The quantitative estimate of drug-likeness (QED) is 0.552. The van der Waals surface area contributed by atoms with E-state index in [-0.39, 0.29) is 7.43 Å². The molecule has 25 heavy (non-hydrogen) atoms. The van der Waals surface area contributed by atoms with Crippen LogP contribution in [0.25, 0.3) is 0 Å². The molecule has 146 valence electrons. The van der Waals surface area contributed by atoms with Gasteiger partial charge in [-0.2, -0.15) is 0 Å². The highest BCUT2D eigenvalue weighted by Crippen LogP contribution is 2.67. The fourth-order valence-corrected chi connectivity index (χ4v) is 8.38. The van der Waals surface area contributed by atoms with Crippen LogP contribution in [0.3, 0.4) is 0 Å². The highest BCUT2D eigenvalue weighted by atomic mass is 16.2. The number of hydrogen-bond donors (Lipinski definition) is 1. The van der Waals surface area contributed by atoms with Crippen LogP contribution in [0.4, 0.5) is 0 Å². The second-order valence-electron chi connectivity index (χ2n) is 10.4. The van der Waals surface area contributed by atoms with E-state index < -0.39 is 0 Å². The second-order valence-corrected chi connectivity index (χ2v) is 10.4. The standard InChI is InChI=1S/C23H40O.CH4/c1-22-14-5-3-7-17(22)9-11-19-20-12-10-18(8-4-6-16-24)23(20,2)15-13-21(19)22;/h17-21,24H,3-16H2,1-2H3;1H4. The van der Waals surface area contributed by atoms with E-state index in [4.69, 9.17) is 5.11 Å². The Bertz CT molecular complexity index is 445. The molecule has 0 aromatic rings. The zero-order chi connectivity index (χ0) is 16.8. The zero-order valence-corrected chi connectivity index (χ0v) is 16.2. The van der Waals surface area contributed by atoms with Crippen LogP contribution in [0.5, 0.6) is 0 Å². The molecule has 0 amide bonds. The van der Waals surface area contributed by atoms with Gasteiger partial charge in [0.2, 0.25) is 0 Å². The molecule has 4 rings (SSSR count). The fraction of sp³-hybridized carbons (Fsp3) is 1.00. The number of aliphatic hydroxyl groups is 1. The summed E-state index contributed by atoms with van der Waals surface area (Å²) in [6.07, 6.45) is 18.8. The molecule has 7 unspecified atom stereocenters. The Labute approximate surface area is 157 Å². The summed E-state index contributed by atoms with van der Waals surface area (Å²) >= 11 is 0. The monoisotopic (exact) mass is 348 g/mol. The molecule has 0 radical (unpaired) electrons. The van der Waals surface area contributed by atoms with Crippen LogP contribution in [0.1, 0.15) is 105 Å². The minimum absolute atomic E-state index is 0. The van der Waals surface area contributed by atoms with E-state index in [0.29, 0.717) is 17.4 Å². The maximum Gasteiger partial charge on any atom is 0.0431 e. The van der Waals surface area contributed by atoms with E-state index in [1.165, 1.54) is 64.2 Å². The van der Waals surface area contributed by atoms with Gasteiger partial charge < -0.3 is 5.11 Å². The first-order chi connectivity index (χ1) is 11.6. The Morgan fingerprint density at radius 1 is 0.800 bits per heavy atom. The Morgan fingerprint density at radius 3 is 2.40 bits per heavy atom. The molecule has 0 bridgehead atoms. The number of unbranched alkanes of at least 4 members (excludes halogenated alkanes) is 1. The third kappa shape index (κ3) is 3.11. The summed E-state index contributed by atoms with van der Waals surface area (Å²) in [5.41, 5.74) is 1.33. The molecule has 0 aliphatic heterocycles. The molecule has 0 saturated heterocycles. The molecule has 4 aliphatic carbocycles. The van der Waals surface area contributed by atoms with E-state index in [2.05, 4.69) is 13.8 Å². The normalized spacial score (nSPS) is 48.8. The van der Waals surface area contributed by atoms with Gasteiger partial charge in [-0.15, -0.1) is 0 Å². The van der Waals surface area contributed by atoms with Crippen molar-refractivity contribution < 1.29 is 5.11 Å². The van der Waals surface area contributed by atoms with Crippen molar-refractivity contribution in [3.05, 3.63) is 0 Å². The molecule has 4 fully saturated rings. The van der Waals surface area contributed by atoms with E-state index >= 15 is 0 Å². The molecule has 4 aliphatic rings. The van der Waals surface area contributed by atoms with Gasteiger partial charge in [0.1, 0.15) is 0 Å². The number of rotatable bonds is 4. The average Bonchev–Trinajstić information content (AvgIpc) is 2.91. The molecule has 1 N–H and O–H groups in total. The first-order valence-corrected chi connectivity index (χ1v) is 11.2. The summed E-state index contributed by atoms with van der Waals surface area (Å²) in [6, 6.07) is 0. The van der Waals surface area contributed by atoms with Crippen LogP contribution in [0.15, 0.2) is 0 Å². The fourth-order valence-electron chi connectivity index (χ4n) is 8.38. The maximum atomic E-state index is 9.13. The Balaban J connectivity index is 0.00000182. The van der Waals surface area contributed by atoms with Gasteiger partial charge >= 0.3 is 0 Å². The van der Waals surface area contributed by atoms with Crippen LogP contribution in [-0.2, 0) is 0 Å². The molecule has 1 nitrogen and oxygen atoms in total. The van der Waals surface area contributed by atoms with Crippen molar-refractivity contribution >= 4 is 0 Å². The number of aliphatic hydroxyl groups excluding tert-OH is 1. The van der Waals surface area contributed by atoms with Crippen molar-refractivity contribution in [3.8, 4) is 0 Å². The van der Waals surface area contributed by atoms with Gasteiger partial charge in [-0.1, -0.05) is 40.5 Å². The van der Waals surface area contributed by atoms with E-state index in [9.17, 15) is 0 Å². The molecular weight excluding hydrogens is 304 g/mol. The molecule has 0 aromatic carbocycles. The van der Waals surface area contributed by atoms with Crippen molar-refractivity contribution in [1.29, 1.82) is 0 Å². The van der Waals surface area contributed by atoms with Gasteiger partial charge in [-0.3, -0.25) is 0 Å². The lowest BCUT2D eigenvalue weighted by Crippen LogP contribution is -2.52. The lowest BCUT2D eigenvalue weighted by molar-refractivity contribution is -0.111. The van der Waals surface area contributed by atoms with Crippen LogP contribution in [0.2, 0.25) is 0 Å². The van der Waals surface area contributed by atoms with Gasteiger partial charge in [-0.05, 0) is 105 Å². The summed E-state index contributed by atoms with van der Waals surface area (Å²) in [7, 11) is 0. The largest absolute Gasteiger partial charge is 0.396 e. The van der Waals surface area contributed by atoms with E-state index in [1.807, 2.05) is 0 Å².